The Labute approximate surface area is 198 Å². The molecule has 2 fully saturated rings. The number of hydrogen-bond donors (Lipinski definition) is 3. The number of nitrogens with zero attached hydrogens (tertiary/aromatic N) is 3. The van der Waals surface area contributed by atoms with Crippen LogP contribution in [0.25, 0.3) is 5.57 Å². The molecule has 1 aliphatic carbocycles. The first-order chi connectivity index (χ1) is 16.4. The molecule has 1 aromatic carbocycles. The van der Waals surface area contributed by atoms with Crippen molar-refractivity contribution >= 4 is 22.9 Å². The molecule has 0 radical (unpaired) electrons. The van der Waals surface area contributed by atoms with E-state index in [-0.39, 0.29) is 23.6 Å². The van der Waals surface area contributed by atoms with Crippen LogP contribution in [0.15, 0.2) is 36.8 Å². The van der Waals surface area contributed by atoms with E-state index in [1.807, 2.05) is 36.1 Å². The summed E-state index contributed by atoms with van der Waals surface area (Å²) in [6, 6.07) is 4.88. The molecule has 5 rings (SSSR count). The van der Waals surface area contributed by atoms with Gasteiger partial charge in [-0.15, -0.1) is 0 Å². The van der Waals surface area contributed by atoms with Crippen LogP contribution in [0.4, 0.5) is 20.2 Å². The van der Waals surface area contributed by atoms with Gasteiger partial charge in [0, 0.05) is 49.8 Å². The maximum atomic E-state index is 14.5. The third kappa shape index (κ3) is 4.90. The summed E-state index contributed by atoms with van der Waals surface area (Å²) < 4.78 is 29.0. The Morgan fingerprint density at radius 3 is 2.79 bits per heavy atom. The predicted molar refractivity (Wildman–Crippen MR) is 129 cm³/mol. The average Bonchev–Trinajstić information content (AvgIpc) is 3.48. The van der Waals surface area contributed by atoms with Crippen LogP contribution in [0.1, 0.15) is 40.7 Å². The fourth-order valence-electron chi connectivity index (χ4n) is 4.46. The first-order valence-corrected chi connectivity index (χ1v) is 11.8. The van der Waals surface area contributed by atoms with E-state index in [1.165, 1.54) is 6.07 Å². The number of anilines is 2. The fraction of sp³-hybridized carbons (Fsp3) is 0.440. The van der Waals surface area contributed by atoms with E-state index >= 15 is 0 Å². The number of hydrogen-bond acceptors (Lipinski definition) is 6. The number of nitrogens with one attached hydrogen (secondary N) is 3. The molecule has 9 heteroatoms. The largest absolute Gasteiger partial charge is 0.378 e. The zero-order valence-electron chi connectivity index (χ0n) is 19.4. The summed E-state index contributed by atoms with van der Waals surface area (Å²) in [6.45, 7) is 3.64. The van der Waals surface area contributed by atoms with Gasteiger partial charge in [0.25, 0.3) is 5.91 Å². The van der Waals surface area contributed by atoms with Gasteiger partial charge in [-0.2, -0.15) is 0 Å². The third-order valence-electron chi connectivity index (χ3n) is 6.63. The van der Waals surface area contributed by atoms with E-state index in [0.29, 0.717) is 18.8 Å². The summed E-state index contributed by atoms with van der Waals surface area (Å²) in [4.78, 5) is 18.8. The van der Waals surface area contributed by atoms with Crippen LogP contribution in [-0.2, 0) is 0 Å². The second-order valence-electron chi connectivity index (χ2n) is 9.51. The minimum Gasteiger partial charge on any atom is -0.378 e. The highest BCUT2D eigenvalue weighted by atomic mass is 19.1. The number of aryl methyl sites for hydroxylation is 1. The highest BCUT2D eigenvalue weighted by Crippen LogP contribution is 2.29. The number of halogens is 2. The molecule has 3 heterocycles. The smallest absolute Gasteiger partial charge is 0.254 e. The number of benzene rings is 1. The van der Waals surface area contributed by atoms with E-state index in [1.54, 1.807) is 18.5 Å². The lowest BCUT2D eigenvalue weighted by Crippen LogP contribution is -2.46. The SMILES string of the molecule is Cc1cc(F)c(C(=O)NC2CC2)cc1N1C=C(c2cncc(N[C@H]3CCN(C)C[C@H]3F)c2)CN1. The second kappa shape index (κ2) is 9.31. The fourth-order valence-corrected chi connectivity index (χ4v) is 4.46. The molecule has 1 aromatic heterocycles. The summed E-state index contributed by atoms with van der Waals surface area (Å²) in [6.07, 6.45) is 7.10. The van der Waals surface area contributed by atoms with Gasteiger partial charge in [-0.25, -0.2) is 14.2 Å². The summed E-state index contributed by atoms with van der Waals surface area (Å²) in [5.41, 5.74) is 7.45. The molecule has 0 bridgehead atoms. The number of pyridine rings is 1. The van der Waals surface area contributed by atoms with Crippen LogP contribution in [-0.4, -0.2) is 60.7 Å². The van der Waals surface area contributed by atoms with Crippen LogP contribution in [0.2, 0.25) is 0 Å². The molecule has 2 aliphatic heterocycles. The molecule has 1 saturated carbocycles. The Morgan fingerprint density at radius 2 is 2.03 bits per heavy atom. The van der Waals surface area contributed by atoms with Gasteiger partial charge in [0.15, 0.2) is 0 Å². The quantitative estimate of drug-likeness (QED) is 0.605. The molecule has 3 aliphatic rings. The van der Waals surface area contributed by atoms with Crippen LogP contribution in [0.3, 0.4) is 0 Å². The molecule has 3 N–H and O–H groups in total. The summed E-state index contributed by atoms with van der Waals surface area (Å²) in [5.74, 6) is -0.904. The molecule has 1 saturated heterocycles. The standard InChI is InChI=1S/C25H30F2N6O/c1-15-7-21(26)20(25(34)31-18-3-4-18)9-24(15)33-13-17(11-29-33)16-8-19(12-28-10-16)30-23-5-6-32(2)14-22(23)27/h7-10,12-13,18,22-23,29-30H,3-6,11,14H2,1-2H3,(H,31,34)/t22-,23+/m1/s1. The highest BCUT2D eigenvalue weighted by molar-refractivity contribution is 5.96. The van der Waals surface area contributed by atoms with Gasteiger partial charge >= 0.3 is 0 Å². The van der Waals surface area contributed by atoms with E-state index in [0.717, 1.165) is 48.2 Å². The van der Waals surface area contributed by atoms with Crippen molar-refractivity contribution in [1.29, 1.82) is 0 Å². The number of carbonyl (C=O) groups excluding carboxylic acids is 1. The van der Waals surface area contributed by atoms with Crippen LogP contribution in [0.5, 0.6) is 0 Å². The maximum Gasteiger partial charge on any atom is 0.254 e. The van der Waals surface area contributed by atoms with Crippen molar-refractivity contribution in [2.75, 3.05) is 37.0 Å². The number of carbonyl (C=O) groups is 1. The lowest BCUT2D eigenvalue weighted by atomic mass is 10.0. The van der Waals surface area contributed by atoms with Crippen molar-refractivity contribution in [2.45, 2.75) is 44.4 Å². The van der Waals surface area contributed by atoms with Crippen LogP contribution >= 0.6 is 0 Å². The van der Waals surface area contributed by atoms with Crippen LogP contribution < -0.4 is 21.1 Å². The molecule has 34 heavy (non-hydrogen) atoms. The maximum absolute atomic E-state index is 14.5. The predicted octanol–water partition coefficient (Wildman–Crippen LogP) is 3.24. The lowest BCUT2D eigenvalue weighted by Gasteiger charge is -2.33. The normalized spacial score (nSPS) is 23.1. The topological polar surface area (TPSA) is 72.5 Å². The summed E-state index contributed by atoms with van der Waals surface area (Å²) in [5, 5.41) is 7.96. The molecule has 1 amide bonds. The van der Waals surface area contributed by atoms with E-state index < -0.39 is 12.0 Å². The lowest BCUT2D eigenvalue weighted by molar-refractivity contribution is 0.0947. The van der Waals surface area contributed by atoms with Crippen molar-refractivity contribution < 1.29 is 13.6 Å². The van der Waals surface area contributed by atoms with Crippen molar-refractivity contribution in [2.24, 2.45) is 0 Å². The molecular weight excluding hydrogens is 438 g/mol. The first-order valence-electron chi connectivity index (χ1n) is 11.8. The van der Waals surface area contributed by atoms with Crippen molar-refractivity contribution in [3.05, 3.63) is 59.3 Å². The van der Waals surface area contributed by atoms with E-state index in [9.17, 15) is 13.6 Å². The van der Waals surface area contributed by atoms with Gasteiger partial charge in [0.05, 0.1) is 23.0 Å². The number of piperidine rings is 1. The summed E-state index contributed by atoms with van der Waals surface area (Å²) >= 11 is 0. The second-order valence-corrected chi connectivity index (χ2v) is 9.51. The Morgan fingerprint density at radius 1 is 1.21 bits per heavy atom. The molecular formula is C25H30F2N6O. The van der Waals surface area contributed by atoms with Gasteiger partial charge < -0.3 is 15.5 Å². The van der Waals surface area contributed by atoms with Crippen molar-refractivity contribution in [3.63, 3.8) is 0 Å². The average molecular weight is 469 g/mol. The molecule has 0 unspecified atom stereocenters. The third-order valence-corrected chi connectivity index (χ3v) is 6.63. The summed E-state index contributed by atoms with van der Waals surface area (Å²) in [7, 11) is 1.93. The number of rotatable bonds is 6. The molecule has 2 atom stereocenters. The molecule has 180 valence electrons. The number of amides is 1. The zero-order valence-corrected chi connectivity index (χ0v) is 19.4. The Bertz CT molecular complexity index is 1120. The van der Waals surface area contributed by atoms with Gasteiger partial charge in [-0.1, -0.05) is 0 Å². The van der Waals surface area contributed by atoms with Gasteiger partial charge in [-0.05, 0) is 62.6 Å². The monoisotopic (exact) mass is 468 g/mol. The van der Waals surface area contributed by atoms with Crippen molar-refractivity contribution in [3.8, 4) is 0 Å². The van der Waals surface area contributed by atoms with Gasteiger partial charge in [0.2, 0.25) is 0 Å². The highest BCUT2D eigenvalue weighted by Gasteiger charge is 2.28. The zero-order chi connectivity index (χ0) is 23.8. The van der Waals surface area contributed by atoms with Crippen LogP contribution in [0, 0.1) is 12.7 Å². The minimum atomic E-state index is -0.932. The Balaban J connectivity index is 1.33. The molecule has 0 spiro atoms. The molecule has 7 nitrogen and oxygen atoms in total. The Kier molecular flexibility index (Phi) is 6.22. The van der Waals surface area contributed by atoms with Gasteiger partial charge in [0.1, 0.15) is 12.0 Å². The first kappa shape index (κ1) is 22.7. The Hall–Kier alpha value is -3.04. The van der Waals surface area contributed by atoms with Gasteiger partial charge in [-0.3, -0.25) is 14.8 Å². The molecule has 2 aromatic rings. The van der Waals surface area contributed by atoms with E-state index in [4.69, 9.17) is 0 Å². The number of aromatic nitrogens is 1. The van der Waals surface area contributed by atoms with E-state index in [2.05, 4.69) is 21.0 Å². The number of hydrazine groups is 1. The van der Waals surface area contributed by atoms with Crippen molar-refractivity contribution in [1.82, 2.24) is 20.6 Å². The number of likely N-dealkylation sites (tertiary alicyclic amines) is 1. The minimum absolute atomic E-state index is 0.0444. The number of alkyl halides is 1.